The third-order valence-electron chi connectivity index (χ3n) is 3.58. The van der Waals surface area contributed by atoms with Crippen LogP contribution in [0.1, 0.15) is 22.8 Å². The third kappa shape index (κ3) is 6.60. The van der Waals surface area contributed by atoms with Crippen molar-refractivity contribution in [1.29, 1.82) is 0 Å². The van der Waals surface area contributed by atoms with Gasteiger partial charge in [-0.05, 0) is 48.9 Å². The Hall–Kier alpha value is -3.61. The monoisotopic (exact) mass is 382 g/mol. The molecule has 0 atom stereocenters. The van der Waals surface area contributed by atoms with Crippen LogP contribution < -0.4 is 15.4 Å². The topological polar surface area (TPSA) is 93.7 Å². The highest BCUT2D eigenvalue weighted by Crippen LogP contribution is 2.13. The molecule has 0 aliphatic carbocycles. The van der Waals surface area contributed by atoms with E-state index in [9.17, 15) is 14.4 Å². The Kier molecular flexibility index (Phi) is 7.77. The molecule has 2 rings (SSSR count). The number of benzene rings is 2. The first-order valence-corrected chi connectivity index (χ1v) is 8.71. The lowest BCUT2D eigenvalue weighted by atomic mass is 10.2. The number of nitrogens with one attached hydrogen (secondary N) is 2. The molecule has 7 nitrogen and oxygen atoms in total. The van der Waals surface area contributed by atoms with Gasteiger partial charge in [-0.3, -0.25) is 9.59 Å². The third-order valence-corrected chi connectivity index (χ3v) is 3.58. The van der Waals surface area contributed by atoms with Crippen LogP contribution in [0.2, 0.25) is 0 Å². The molecule has 0 saturated carbocycles. The van der Waals surface area contributed by atoms with E-state index >= 15 is 0 Å². The van der Waals surface area contributed by atoms with Crippen LogP contribution in [0.3, 0.4) is 0 Å². The molecule has 0 radical (unpaired) electrons. The molecule has 2 aromatic rings. The van der Waals surface area contributed by atoms with Crippen molar-refractivity contribution in [2.75, 3.05) is 25.6 Å². The molecule has 0 aliphatic rings. The van der Waals surface area contributed by atoms with Crippen molar-refractivity contribution in [1.82, 2.24) is 5.32 Å². The molecule has 0 aromatic heterocycles. The number of carbonyl (C=O) groups excluding carboxylic acids is 3. The number of esters is 1. The Morgan fingerprint density at radius 3 is 2.50 bits per heavy atom. The molecule has 0 saturated heterocycles. The lowest BCUT2D eigenvalue weighted by Crippen LogP contribution is -2.21. The van der Waals surface area contributed by atoms with Crippen LogP contribution in [-0.4, -0.2) is 38.0 Å². The number of amides is 2. The fraction of sp³-hybridized carbons (Fsp3) is 0.190. The molecule has 2 aromatic carbocycles. The summed E-state index contributed by atoms with van der Waals surface area (Å²) < 4.78 is 10.3. The first-order chi connectivity index (χ1) is 13.5. The van der Waals surface area contributed by atoms with Gasteiger partial charge < -0.3 is 20.1 Å². The maximum atomic E-state index is 11.9. The van der Waals surface area contributed by atoms with Crippen LogP contribution in [0.5, 0.6) is 5.75 Å². The van der Waals surface area contributed by atoms with Crippen molar-refractivity contribution in [3.8, 4) is 5.75 Å². The summed E-state index contributed by atoms with van der Waals surface area (Å²) in [6.45, 7) is 2.05. The van der Waals surface area contributed by atoms with Crippen molar-refractivity contribution in [2.24, 2.45) is 0 Å². The SMILES string of the molecule is CCOc1ccc(/C=C/C(=O)OCC(=O)Nc2cccc(C(=O)NC)c2)cc1. The van der Waals surface area contributed by atoms with Gasteiger partial charge in [0.1, 0.15) is 5.75 Å². The van der Waals surface area contributed by atoms with E-state index in [0.29, 0.717) is 17.9 Å². The van der Waals surface area contributed by atoms with Gasteiger partial charge in [0.2, 0.25) is 0 Å². The largest absolute Gasteiger partial charge is 0.494 e. The van der Waals surface area contributed by atoms with E-state index in [-0.39, 0.29) is 5.91 Å². The summed E-state index contributed by atoms with van der Waals surface area (Å²) in [6.07, 6.45) is 2.83. The maximum Gasteiger partial charge on any atom is 0.331 e. The molecular weight excluding hydrogens is 360 g/mol. The van der Waals surface area contributed by atoms with Crippen LogP contribution in [-0.2, 0) is 14.3 Å². The average molecular weight is 382 g/mol. The van der Waals surface area contributed by atoms with Crippen LogP contribution in [0.4, 0.5) is 5.69 Å². The van der Waals surface area contributed by atoms with Gasteiger partial charge in [0.25, 0.3) is 11.8 Å². The number of anilines is 1. The van der Waals surface area contributed by atoms with Crippen LogP contribution in [0.15, 0.2) is 54.6 Å². The zero-order valence-corrected chi connectivity index (χ0v) is 15.7. The van der Waals surface area contributed by atoms with Crippen molar-refractivity contribution in [2.45, 2.75) is 6.92 Å². The fourth-order valence-corrected chi connectivity index (χ4v) is 2.27. The minimum Gasteiger partial charge on any atom is -0.494 e. The Morgan fingerprint density at radius 2 is 1.82 bits per heavy atom. The van der Waals surface area contributed by atoms with Crippen LogP contribution >= 0.6 is 0 Å². The van der Waals surface area contributed by atoms with E-state index in [1.807, 2.05) is 6.92 Å². The highest BCUT2D eigenvalue weighted by molar-refractivity contribution is 5.98. The summed E-state index contributed by atoms with van der Waals surface area (Å²) in [4.78, 5) is 35.3. The predicted molar refractivity (Wildman–Crippen MR) is 106 cm³/mol. The smallest absolute Gasteiger partial charge is 0.331 e. The second-order valence-corrected chi connectivity index (χ2v) is 5.65. The molecule has 0 spiro atoms. The standard InChI is InChI=1S/C21H22N2O5/c1-3-27-18-10-7-15(8-11-18)9-12-20(25)28-14-19(24)23-17-6-4-5-16(13-17)21(26)22-2/h4-13H,3,14H2,1-2H3,(H,22,26)(H,23,24)/b12-9+. The lowest BCUT2D eigenvalue weighted by Gasteiger charge is -2.07. The van der Waals surface area contributed by atoms with Gasteiger partial charge in [-0.1, -0.05) is 18.2 Å². The zero-order chi connectivity index (χ0) is 20.4. The molecule has 146 valence electrons. The van der Waals surface area contributed by atoms with E-state index in [1.165, 1.54) is 19.2 Å². The van der Waals surface area contributed by atoms with Crippen molar-refractivity contribution in [3.05, 3.63) is 65.7 Å². The van der Waals surface area contributed by atoms with Gasteiger partial charge >= 0.3 is 5.97 Å². The highest BCUT2D eigenvalue weighted by Gasteiger charge is 2.08. The number of rotatable bonds is 8. The van der Waals surface area contributed by atoms with E-state index in [1.54, 1.807) is 48.5 Å². The summed E-state index contributed by atoms with van der Waals surface area (Å²) in [5.74, 6) is -0.652. The quantitative estimate of drug-likeness (QED) is 0.541. The summed E-state index contributed by atoms with van der Waals surface area (Å²) in [5.41, 5.74) is 1.65. The van der Waals surface area contributed by atoms with Gasteiger partial charge in [-0.25, -0.2) is 4.79 Å². The van der Waals surface area contributed by atoms with Crippen molar-refractivity contribution < 1.29 is 23.9 Å². The van der Waals surface area contributed by atoms with E-state index in [4.69, 9.17) is 9.47 Å². The van der Waals surface area contributed by atoms with E-state index in [2.05, 4.69) is 10.6 Å². The molecule has 0 heterocycles. The molecule has 0 aliphatic heterocycles. The summed E-state index contributed by atoms with van der Waals surface area (Å²) in [6, 6.07) is 13.7. The second-order valence-electron chi connectivity index (χ2n) is 5.65. The zero-order valence-electron chi connectivity index (χ0n) is 15.7. The Balaban J connectivity index is 1.82. The molecule has 0 unspecified atom stereocenters. The van der Waals surface area contributed by atoms with Gasteiger partial charge in [-0.15, -0.1) is 0 Å². The Labute approximate surface area is 163 Å². The average Bonchev–Trinajstić information content (AvgIpc) is 2.71. The van der Waals surface area contributed by atoms with E-state index in [0.717, 1.165) is 11.3 Å². The fourth-order valence-electron chi connectivity index (χ4n) is 2.27. The van der Waals surface area contributed by atoms with Gasteiger partial charge in [0, 0.05) is 24.4 Å². The number of ether oxygens (including phenoxy) is 2. The predicted octanol–water partition coefficient (Wildman–Crippen LogP) is 2.64. The summed E-state index contributed by atoms with van der Waals surface area (Å²) in [5, 5.41) is 5.08. The van der Waals surface area contributed by atoms with Crippen LogP contribution in [0, 0.1) is 0 Å². The van der Waals surface area contributed by atoms with Gasteiger partial charge in [-0.2, -0.15) is 0 Å². The second kappa shape index (κ2) is 10.5. The Morgan fingerprint density at radius 1 is 1.07 bits per heavy atom. The molecule has 7 heteroatoms. The van der Waals surface area contributed by atoms with Gasteiger partial charge in [0.15, 0.2) is 6.61 Å². The number of hydrogen-bond acceptors (Lipinski definition) is 5. The summed E-state index contributed by atoms with van der Waals surface area (Å²) in [7, 11) is 1.52. The minimum absolute atomic E-state index is 0.262. The number of carbonyl (C=O) groups is 3. The molecule has 0 bridgehead atoms. The van der Waals surface area contributed by atoms with E-state index < -0.39 is 18.5 Å². The summed E-state index contributed by atoms with van der Waals surface area (Å²) >= 11 is 0. The number of hydrogen-bond donors (Lipinski definition) is 2. The minimum atomic E-state index is -0.636. The first kappa shape index (κ1) is 20.7. The Bertz CT molecular complexity index is 859. The van der Waals surface area contributed by atoms with Crippen molar-refractivity contribution >= 4 is 29.5 Å². The molecule has 28 heavy (non-hydrogen) atoms. The normalized spacial score (nSPS) is 10.4. The molecular formula is C21H22N2O5. The molecule has 2 N–H and O–H groups in total. The highest BCUT2D eigenvalue weighted by atomic mass is 16.5. The van der Waals surface area contributed by atoms with Gasteiger partial charge in [0.05, 0.1) is 6.61 Å². The first-order valence-electron chi connectivity index (χ1n) is 8.71. The molecule has 0 fully saturated rings. The maximum absolute atomic E-state index is 11.9. The van der Waals surface area contributed by atoms with Crippen molar-refractivity contribution in [3.63, 3.8) is 0 Å². The van der Waals surface area contributed by atoms with Crippen LogP contribution in [0.25, 0.3) is 6.08 Å². The lowest BCUT2D eigenvalue weighted by molar-refractivity contribution is -0.142. The molecule has 2 amide bonds.